The lowest BCUT2D eigenvalue weighted by Gasteiger charge is -2.31. The predicted molar refractivity (Wildman–Crippen MR) is 134 cm³/mol. The lowest BCUT2D eigenvalue weighted by Crippen LogP contribution is -2.39. The Kier molecular flexibility index (Phi) is 6.37. The molecular formula is C28H26ClN3O2. The molecule has 1 fully saturated rings. The number of carbonyl (C=O) groups is 1. The normalized spacial score (nSPS) is 14.3. The third-order valence-electron chi connectivity index (χ3n) is 6.43. The van der Waals surface area contributed by atoms with E-state index in [9.17, 15) is 9.90 Å². The Morgan fingerprint density at radius 1 is 0.941 bits per heavy atom. The fourth-order valence-electron chi connectivity index (χ4n) is 4.55. The van der Waals surface area contributed by atoms with Gasteiger partial charge in [-0.2, -0.15) is 5.10 Å². The highest BCUT2D eigenvalue weighted by Crippen LogP contribution is 2.28. The second kappa shape index (κ2) is 9.74. The van der Waals surface area contributed by atoms with Crippen molar-refractivity contribution in [2.24, 2.45) is 5.92 Å². The van der Waals surface area contributed by atoms with Crippen molar-refractivity contribution in [3.8, 4) is 22.7 Å². The summed E-state index contributed by atoms with van der Waals surface area (Å²) in [6.45, 7) is 1.47. The van der Waals surface area contributed by atoms with Crippen LogP contribution in [0.1, 0.15) is 28.9 Å². The van der Waals surface area contributed by atoms with Gasteiger partial charge in [-0.25, -0.2) is 4.68 Å². The van der Waals surface area contributed by atoms with Gasteiger partial charge in [0.2, 0.25) is 0 Å². The minimum atomic E-state index is -0.0501. The van der Waals surface area contributed by atoms with Crippen LogP contribution in [0.25, 0.3) is 16.9 Å². The minimum Gasteiger partial charge on any atom is -0.508 e. The summed E-state index contributed by atoms with van der Waals surface area (Å²) in [6.07, 6.45) is 3.03. The van der Waals surface area contributed by atoms with Crippen molar-refractivity contribution in [2.45, 2.75) is 19.3 Å². The zero-order valence-electron chi connectivity index (χ0n) is 18.8. The number of likely N-dealkylation sites (tertiary alicyclic amines) is 1. The van der Waals surface area contributed by atoms with Gasteiger partial charge in [0.15, 0.2) is 5.69 Å². The van der Waals surface area contributed by atoms with Gasteiger partial charge in [-0.05, 0) is 85.3 Å². The Bertz CT molecular complexity index is 1200. The summed E-state index contributed by atoms with van der Waals surface area (Å²) < 4.78 is 1.76. The molecule has 1 aromatic heterocycles. The molecule has 0 atom stereocenters. The van der Waals surface area contributed by atoms with Gasteiger partial charge in [0, 0.05) is 23.7 Å². The number of halogens is 1. The quantitative estimate of drug-likeness (QED) is 0.388. The molecule has 0 aliphatic carbocycles. The number of rotatable bonds is 5. The molecule has 0 spiro atoms. The topological polar surface area (TPSA) is 58.4 Å². The van der Waals surface area contributed by atoms with E-state index < -0.39 is 0 Å². The fraction of sp³-hybridized carbons (Fsp3) is 0.214. The van der Waals surface area contributed by atoms with Crippen molar-refractivity contribution in [1.82, 2.24) is 14.7 Å². The standard InChI is InChI=1S/C28H26ClN3O2/c29-23-8-10-24(11-9-23)32-27(22-6-12-25(33)13-7-22)19-26(30-32)28(34)31-16-14-21(15-17-31)18-20-4-2-1-3-5-20/h1-13,19,21,33H,14-18H2. The van der Waals surface area contributed by atoms with E-state index in [-0.39, 0.29) is 11.7 Å². The molecule has 1 amide bonds. The van der Waals surface area contributed by atoms with Gasteiger partial charge in [-0.15, -0.1) is 0 Å². The zero-order chi connectivity index (χ0) is 23.5. The molecule has 0 unspecified atom stereocenters. The van der Waals surface area contributed by atoms with Crippen LogP contribution >= 0.6 is 11.6 Å². The van der Waals surface area contributed by atoms with Crippen molar-refractivity contribution < 1.29 is 9.90 Å². The minimum absolute atomic E-state index is 0.0501. The van der Waals surface area contributed by atoms with Crippen LogP contribution in [-0.2, 0) is 6.42 Å². The summed E-state index contributed by atoms with van der Waals surface area (Å²) >= 11 is 6.08. The van der Waals surface area contributed by atoms with E-state index >= 15 is 0 Å². The zero-order valence-corrected chi connectivity index (χ0v) is 19.5. The number of aromatic nitrogens is 2. The van der Waals surface area contributed by atoms with Crippen LogP contribution in [-0.4, -0.2) is 38.8 Å². The van der Waals surface area contributed by atoms with Crippen molar-refractivity contribution in [3.63, 3.8) is 0 Å². The van der Waals surface area contributed by atoms with Crippen LogP contribution in [0.5, 0.6) is 5.75 Å². The highest BCUT2D eigenvalue weighted by atomic mass is 35.5. The fourth-order valence-corrected chi connectivity index (χ4v) is 4.68. The van der Waals surface area contributed by atoms with Crippen LogP contribution < -0.4 is 0 Å². The Hall–Kier alpha value is -3.57. The Labute approximate surface area is 204 Å². The number of benzene rings is 3. The maximum Gasteiger partial charge on any atom is 0.274 e. The molecule has 4 aromatic rings. The van der Waals surface area contributed by atoms with E-state index in [2.05, 4.69) is 24.3 Å². The first kappa shape index (κ1) is 22.2. The van der Waals surface area contributed by atoms with Crippen molar-refractivity contribution >= 4 is 17.5 Å². The highest BCUT2D eigenvalue weighted by molar-refractivity contribution is 6.30. The first-order valence-electron chi connectivity index (χ1n) is 11.6. The number of amides is 1. The number of aromatic hydroxyl groups is 1. The summed E-state index contributed by atoms with van der Waals surface area (Å²) in [7, 11) is 0. The number of piperidine rings is 1. The molecule has 1 saturated heterocycles. The van der Waals surface area contributed by atoms with Gasteiger partial charge in [0.1, 0.15) is 5.75 Å². The third-order valence-corrected chi connectivity index (χ3v) is 6.68. The lowest BCUT2D eigenvalue weighted by atomic mass is 9.90. The second-order valence-electron chi connectivity index (χ2n) is 8.78. The van der Waals surface area contributed by atoms with Gasteiger partial charge in [-0.1, -0.05) is 41.9 Å². The van der Waals surface area contributed by atoms with Crippen molar-refractivity contribution in [2.75, 3.05) is 13.1 Å². The maximum atomic E-state index is 13.4. The van der Waals surface area contributed by atoms with Crippen LogP contribution in [0.2, 0.25) is 5.02 Å². The SMILES string of the molecule is O=C(c1cc(-c2ccc(O)cc2)n(-c2ccc(Cl)cc2)n1)N1CCC(Cc2ccccc2)CC1. The van der Waals surface area contributed by atoms with Gasteiger partial charge < -0.3 is 10.0 Å². The van der Waals surface area contributed by atoms with Gasteiger partial charge in [0.05, 0.1) is 11.4 Å². The smallest absolute Gasteiger partial charge is 0.274 e. The highest BCUT2D eigenvalue weighted by Gasteiger charge is 2.26. The number of phenolic OH excluding ortho intramolecular Hbond substituents is 1. The van der Waals surface area contributed by atoms with E-state index in [1.54, 1.807) is 28.9 Å². The summed E-state index contributed by atoms with van der Waals surface area (Å²) in [6, 6.07) is 26.7. The monoisotopic (exact) mass is 471 g/mol. The molecule has 1 aliphatic heterocycles. The Morgan fingerprint density at radius 2 is 1.62 bits per heavy atom. The first-order valence-corrected chi connectivity index (χ1v) is 11.9. The molecule has 6 heteroatoms. The van der Waals surface area contributed by atoms with Gasteiger partial charge in [0.25, 0.3) is 5.91 Å². The molecule has 0 saturated carbocycles. The number of phenols is 1. The van der Waals surface area contributed by atoms with E-state index in [0.717, 1.165) is 49.3 Å². The average molecular weight is 472 g/mol. The molecule has 34 heavy (non-hydrogen) atoms. The number of carbonyl (C=O) groups excluding carboxylic acids is 1. The predicted octanol–water partition coefficient (Wildman–Crippen LogP) is 5.99. The van der Waals surface area contributed by atoms with Crippen LogP contribution in [0.4, 0.5) is 0 Å². The van der Waals surface area contributed by atoms with Gasteiger partial charge in [-0.3, -0.25) is 4.79 Å². The molecule has 1 N–H and O–H groups in total. The maximum absolute atomic E-state index is 13.4. The van der Waals surface area contributed by atoms with Crippen LogP contribution in [0.3, 0.4) is 0 Å². The number of hydrogen-bond acceptors (Lipinski definition) is 3. The van der Waals surface area contributed by atoms with E-state index in [1.165, 1.54) is 5.56 Å². The third kappa shape index (κ3) is 4.85. The summed E-state index contributed by atoms with van der Waals surface area (Å²) in [5.41, 5.74) is 4.23. The molecule has 2 heterocycles. The van der Waals surface area contributed by atoms with Crippen molar-refractivity contribution in [1.29, 1.82) is 0 Å². The van der Waals surface area contributed by atoms with E-state index in [4.69, 9.17) is 16.7 Å². The second-order valence-corrected chi connectivity index (χ2v) is 9.21. The van der Waals surface area contributed by atoms with Crippen molar-refractivity contribution in [3.05, 3.63) is 101 Å². The molecule has 0 radical (unpaired) electrons. The molecule has 1 aliphatic rings. The van der Waals surface area contributed by atoms with E-state index in [0.29, 0.717) is 16.6 Å². The molecule has 5 rings (SSSR count). The largest absolute Gasteiger partial charge is 0.508 e. The lowest BCUT2D eigenvalue weighted by molar-refractivity contribution is 0.0684. The number of nitrogens with zero attached hydrogens (tertiary/aromatic N) is 3. The molecular weight excluding hydrogens is 446 g/mol. The summed E-state index contributed by atoms with van der Waals surface area (Å²) in [5.74, 6) is 0.729. The first-order chi connectivity index (χ1) is 16.6. The van der Waals surface area contributed by atoms with Gasteiger partial charge >= 0.3 is 0 Å². The van der Waals surface area contributed by atoms with Crippen LogP contribution in [0, 0.1) is 5.92 Å². The molecule has 5 nitrogen and oxygen atoms in total. The summed E-state index contributed by atoms with van der Waals surface area (Å²) in [5, 5.41) is 15.0. The molecule has 172 valence electrons. The Morgan fingerprint density at radius 3 is 2.29 bits per heavy atom. The average Bonchev–Trinajstić information content (AvgIpc) is 3.31. The molecule has 0 bridgehead atoms. The van der Waals surface area contributed by atoms with E-state index in [1.807, 2.05) is 41.3 Å². The Balaban J connectivity index is 1.37. The molecule has 3 aromatic carbocycles. The van der Waals surface area contributed by atoms with Crippen LogP contribution in [0.15, 0.2) is 84.9 Å². The summed E-state index contributed by atoms with van der Waals surface area (Å²) in [4.78, 5) is 15.3. The number of hydrogen-bond donors (Lipinski definition) is 1.